The van der Waals surface area contributed by atoms with E-state index in [1.807, 2.05) is 0 Å². The van der Waals surface area contributed by atoms with Crippen molar-refractivity contribution in [2.45, 2.75) is 12.3 Å². The minimum absolute atomic E-state index is 0.316. The largest absolute Gasteiger partial charge is 0.337 e. The maximum atomic E-state index is 5.89. The van der Waals surface area contributed by atoms with Crippen molar-refractivity contribution in [1.29, 1.82) is 0 Å². The maximum absolute atomic E-state index is 5.89. The van der Waals surface area contributed by atoms with Gasteiger partial charge >= 0.3 is 0 Å². The van der Waals surface area contributed by atoms with Gasteiger partial charge < -0.3 is 4.52 Å². The average molecular weight is 278 g/mol. The summed E-state index contributed by atoms with van der Waals surface area (Å²) in [4.78, 5) is 4.14. The average Bonchev–Trinajstić information content (AvgIpc) is 2.71. The fourth-order valence-corrected chi connectivity index (χ4v) is 1.54. The second-order valence-electron chi connectivity index (χ2n) is 3.20. The van der Waals surface area contributed by atoms with Crippen LogP contribution in [0.4, 0.5) is 0 Å². The van der Waals surface area contributed by atoms with Gasteiger partial charge in [-0.3, -0.25) is 0 Å². The van der Waals surface area contributed by atoms with Crippen molar-refractivity contribution in [3.05, 3.63) is 34.1 Å². The molecule has 0 aliphatic carbocycles. The van der Waals surface area contributed by atoms with Crippen LogP contribution in [0.25, 0.3) is 11.4 Å². The first kappa shape index (κ1) is 11.7. The predicted octanol–water partition coefficient (Wildman–Crippen LogP) is 4.34. The molecule has 1 aromatic heterocycles. The molecule has 1 aromatic carbocycles. The summed E-state index contributed by atoms with van der Waals surface area (Å²) in [5.41, 5.74) is 0.738. The predicted molar refractivity (Wildman–Crippen MR) is 64.0 cm³/mol. The number of halogens is 3. The number of nitrogens with zero attached hydrogens (tertiary/aromatic N) is 2. The van der Waals surface area contributed by atoms with Crippen LogP contribution in [0.2, 0.25) is 10.0 Å². The topological polar surface area (TPSA) is 38.9 Å². The molecule has 2 aromatic rings. The van der Waals surface area contributed by atoms with Crippen LogP contribution in [0.5, 0.6) is 0 Å². The smallest absolute Gasteiger partial charge is 0.244 e. The van der Waals surface area contributed by atoms with Crippen molar-refractivity contribution < 1.29 is 4.52 Å². The lowest BCUT2D eigenvalue weighted by Crippen LogP contribution is -1.84. The van der Waals surface area contributed by atoms with Gasteiger partial charge in [-0.25, -0.2) is 0 Å². The summed E-state index contributed by atoms with van der Waals surface area (Å²) in [7, 11) is 0. The lowest BCUT2D eigenvalue weighted by atomic mass is 10.2. The van der Waals surface area contributed by atoms with Crippen molar-refractivity contribution in [3.63, 3.8) is 0 Å². The van der Waals surface area contributed by atoms with E-state index in [0.717, 1.165) is 5.56 Å². The number of aromatic nitrogens is 2. The van der Waals surface area contributed by atoms with Crippen molar-refractivity contribution >= 4 is 34.8 Å². The number of benzene rings is 1. The van der Waals surface area contributed by atoms with E-state index >= 15 is 0 Å². The normalized spacial score (nSPS) is 12.8. The second-order valence-corrected chi connectivity index (χ2v) is 4.67. The molecule has 0 saturated carbocycles. The molecule has 1 atom stereocenters. The standard InChI is InChI=1S/C10H7Cl3N2O/c1-5(11)10-14-9(15-16-10)6-2-3-7(12)8(13)4-6/h2-5H,1H3. The van der Waals surface area contributed by atoms with Gasteiger partial charge in [0.05, 0.1) is 10.0 Å². The van der Waals surface area contributed by atoms with Crippen LogP contribution < -0.4 is 0 Å². The summed E-state index contributed by atoms with van der Waals surface area (Å²) in [6.07, 6.45) is 0. The molecule has 3 nitrogen and oxygen atoms in total. The molecule has 0 radical (unpaired) electrons. The van der Waals surface area contributed by atoms with Gasteiger partial charge in [-0.2, -0.15) is 4.98 Å². The highest BCUT2D eigenvalue weighted by molar-refractivity contribution is 6.42. The number of hydrogen-bond acceptors (Lipinski definition) is 3. The van der Waals surface area contributed by atoms with E-state index in [1.54, 1.807) is 25.1 Å². The fraction of sp³-hybridized carbons (Fsp3) is 0.200. The highest BCUT2D eigenvalue weighted by atomic mass is 35.5. The summed E-state index contributed by atoms with van der Waals surface area (Å²) >= 11 is 17.5. The van der Waals surface area contributed by atoms with Crippen molar-refractivity contribution in [3.8, 4) is 11.4 Å². The van der Waals surface area contributed by atoms with Gasteiger partial charge in [-0.15, -0.1) is 11.6 Å². The van der Waals surface area contributed by atoms with Crippen molar-refractivity contribution in [2.24, 2.45) is 0 Å². The first-order valence-corrected chi connectivity index (χ1v) is 5.70. The molecule has 84 valence electrons. The van der Waals surface area contributed by atoms with Crippen molar-refractivity contribution in [2.75, 3.05) is 0 Å². The number of rotatable bonds is 2. The highest BCUT2D eigenvalue weighted by Crippen LogP contribution is 2.28. The minimum Gasteiger partial charge on any atom is -0.337 e. The summed E-state index contributed by atoms with van der Waals surface area (Å²) < 4.78 is 4.98. The van der Waals surface area contributed by atoms with Crippen LogP contribution in [0, 0.1) is 0 Å². The molecule has 0 amide bonds. The fourth-order valence-electron chi connectivity index (χ4n) is 1.15. The summed E-state index contributed by atoms with van der Waals surface area (Å²) in [6.45, 7) is 1.76. The zero-order chi connectivity index (χ0) is 11.7. The summed E-state index contributed by atoms with van der Waals surface area (Å²) in [5, 5.41) is 4.42. The van der Waals surface area contributed by atoms with E-state index in [0.29, 0.717) is 21.8 Å². The van der Waals surface area contributed by atoms with Crippen LogP contribution in [0.1, 0.15) is 18.2 Å². The SMILES string of the molecule is CC(Cl)c1nc(-c2ccc(Cl)c(Cl)c2)no1. The third-order valence-electron chi connectivity index (χ3n) is 1.96. The van der Waals surface area contributed by atoms with Gasteiger partial charge in [0.15, 0.2) is 0 Å². The zero-order valence-corrected chi connectivity index (χ0v) is 10.5. The first-order valence-electron chi connectivity index (χ1n) is 4.51. The van der Waals surface area contributed by atoms with Crippen LogP contribution >= 0.6 is 34.8 Å². The van der Waals surface area contributed by atoms with Crippen molar-refractivity contribution in [1.82, 2.24) is 10.1 Å². The Morgan fingerprint density at radius 2 is 2.00 bits per heavy atom. The van der Waals surface area contributed by atoms with E-state index in [2.05, 4.69) is 10.1 Å². The van der Waals surface area contributed by atoms with E-state index in [-0.39, 0.29) is 5.38 Å². The Kier molecular flexibility index (Phi) is 3.38. The molecule has 0 aliphatic rings. The van der Waals surface area contributed by atoms with Gasteiger partial charge in [0.2, 0.25) is 11.7 Å². The molecule has 6 heteroatoms. The van der Waals surface area contributed by atoms with Gasteiger partial charge in [-0.05, 0) is 25.1 Å². The van der Waals surface area contributed by atoms with Crippen LogP contribution in [-0.4, -0.2) is 10.1 Å². The Morgan fingerprint density at radius 3 is 2.56 bits per heavy atom. The molecule has 0 spiro atoms. The third kappa shape index (κ3) is 2.32. The molecule has 0 bridgehead atoms. The Morgan fingerprint density at radius 1 is 1.25 bits per heavy atom. The Balaban J connectivity index is 2.39. The lowest BCUT2D eigenvalue weighted by molar-refractivity contribution is 0.379. The zero-order valence-electron chi connectivity index (χ0n) is 8.25. The molecule has 0 aliphatic heterocycles. The molecular formula is C10H7Cl3N2O. The Hall–Kier alpha value is -0.770. The minimum atomic E-state index is -0.316. The molecule has 0 saturated heterocycles. The van der Waals surface area contributed by atoms with Gasteiger partial charge in [0, 0.05) is 5.56 Å². The molecular weight excluding hydrogens is 270 g/mol. The molecule has 0 N–H and O–H groups in total. The summed E-state index contributed by atoms with van der Waals surface area (Å²) in [5.74, 6) is 0.823. The van der Waals surface area contributed by atoms with Gasteiger partial charge in [-0.1, -0.05) is 28.4 Å². The van der Waals surface area contributed by atoms with E-state index in [4.69, 9.17) is 39.3 Å². The maximum Gasteiger partial charge on any atom is 0.244 e. The number of hydrogen-bond donors (Lipinski definition) is 0. The molecule has 2 rings (SSSR count). The monoisotopic (exact) mass is 276 g/mol. The van der Waals surface area contributed by atoms with Crippen LogP contribution in [0.3, 0.4) is 0 Å². The third-order valence-corrected chi connectivity index (χ3v) is 2.89. The first-order chi connectivity index (χ1) is 7.58. The van der Waals surface area contributed by atoms with E-state index < -0.39 is 0 Å². The molecule has 1 unspecified atom stereocenters. The second kappa shape index (κ2) is 4.62. The molecule has 16 heavy (non-hydrogen) atoms. The highest BCUT2D eigenvalue weighted by Gasteiger charge is 2.13. The van der Waals surface area contributed by atoms with Crippen LogP contribution in [0.15, 0.2) is 22.7 Å². The van der Waals surface area contributed by atoms with Gasteiger partial charge in [0.25, 0.3) is 0 Å². The molecule has 0 fully saturated rings. The summed E-state index contributed by atoms with van der Waals surface area (Å²) in [6, 6.07) is 5.12. The Bertz CT molecular complexity index is 511. The lowest BCUT2D eigenvalue weighted by Gasteiger charge is -1.97. The quantitative estimate of drug-likeness (QED) is 0.766. The van der Waals surface area contributed by atoms with E-state index in [1.165, 1.54) is 0 Å². The number of alkyl halides is 1. The van der Waals surface area contributed by atoms with Crippen LogP contribution in [-0.2, 0) is 0 Å². The van der Waals surface area contributed by atoms with E-state index in [9.17, 15) is 0 Å². The van der Waals surface area contributed by atoms with Gasteiger partial charge in [0.1, 0.15) is 5.38 Å². The molecule has 1 heterocycles. The Labute approximate surface area is 107 Å².